The third-order valence-electron chi connectivity index (χ3n) is 5.02. The quantitative estimate of drug-likeness (QED) is 0.455. The highest BCUT2D eigenvalue weighted by atomic mass is 19.1. The number of fused-ring (bicyclic) bond motifs is 2. The van der Waals surface area contributed by atoms with Crippen molar-refractivity contribution in [2.75, 3.05) is 0 Å². The minimum Gasteiger partial charge on any atom is -0.336 e. The van der Waals surface area contributed by atoms with Gasteiger partial charge in [0, 0.05) is 29.5 Å². The molecule has 0 atom stereocenters. The molecule has 5 heterocycles. The number of nitrogens with zero attached hydrogens (tertiary/aromatic N) is 6. The average Bonchev–Trinajstić information content (AvgIpc) is 3.43. The molecule has 0 aliphatic rings. The normalized spacial score (nSPS) is 11.4. The summed E-state index contributed by atoms with van der Waals surface area (Å²) in [7, 11) is 0. The lowest BCUT2D eigenvalue weighted by Crippen LogP contribution is -1.88. The molecule has 0 amide bonds. The van der Waals surface area contributed by atoms with Gasteiger partial charge in [0.05, 0.1) is 34.8 Å². The van der Waals surface area contributed by atoms with Crippen molar-refractivity contribution < 1.29 is 4.39 Å². The van der Waals surface area contributed by atoms with Gasteiger partial charge in [-0.15, -0.1) is 0 Å². The highest BCUT2D eigenvalue weighted by Crippen LogP contribution is 2.31. The minimum atomic E-state index is -0.297. The van der Waals surface area contributed by atoms with Crippen molar-refractivity contribution in [2.45, 2.75) is 0 Å². The summed E-state index contributed by atoms with van der Waals surface area (Å²) in [5.41, 5.74) is 5.74. The van der Waals surface area contributed by atoms with E-state index in [-0.39, 0.29) is 5.82 Å². The SMILES string of the molecule is Fc1ccc(-c2nccc3[nH]c(-c4n[nH]c5cnc(-c6cnccn6)cc45)nc23)cc1. The van der Waals surface area contributed by atoms with E-state index < -0.39 is 0 Å². The van der Waals surface area contributed by atoms with Gasteiger partial charge in [-0.05, 0) is 36.4 Å². The smallest absolute Gasteiger partial charge is 0.159 e. The van der Waals surface area contributed by atoms with Crippen molar-refractivity contribution >= 4 is 21.9 Å². The zero-order valence-corrected chi connectivity index (χ0v) is 15.9. The second-order valence-electron chi connectivity index (χ2n) is 6.93. The number of H-pyrrole nitrogens is 2. The van der Waals surface area contributed by atoms with E-state index in [4.69, 9.17) is 4.98 Å². The molecular weight excluding hydrogens is 395 g/mol. The first-order valence-electron chi connectivity index (χ1n) is 9.48. The Bertz CT molecular complexity index is 1540. The first-order valence-corrected chi connectivity index (χ1v) is 9.48. The van der Waals surface area contributed by atoms with E-state index in [9.17, 15) is 4.39 Å². The van der Waals surface area contributed by atoms with E-state index in [1.165, 1.54) is 12.1 Å². The molecule has 0 saturated heterocycles. The second-order valence-corrected chi connectivity index (χ2v) is 6.93. The number of hydrogen-bond donors (Lipinski definition) is 2. The summed E-state index contributed by atoms with van der Waals surface area (Å²) >= 11 is 0. The van der Waals surface area contributed by atoms with Crippen LogP contribution in [0.1, 0.15) is 0 Å². The summed E-state index contributed by atoms with van der Waals surface area (Å²) in [6.07, 6.45) is 8.31. The molecule has 0 unspecified atom stereocenters. The van der Waals surface area contributed by atoms with Gasteiger partial charge in [-0.3, -0.25) is 25.0 Å². The van der Waals surface area contributed by atoms with Crippen LogP contribution >= 0.6 is 0 Å². The first kappa shape index (κ1) is 17.3. The molecule has 0 bridgehead atoms. The van der Waals surface area contributed by atoms with Gasteiger partial charge in [0.25, 0.3) is 0 Å². The molecule has 148 valence electrons. The van der Waals surface area contributed by atoms with Crippen LogP contribution in [0, 0.1) is 5.82 Å². The van der Waals surface area contributed by atoms with Crippen molar-refractivity contribution in [3.05, 3.63) is 73.2 Å². The Kier molecular flexibility index (Phi) is 3.79. The first-order chi connectivity index (χ1) is 15.3. The van der Waals surface area contributed by atoms with Crippen molar-refractivity contribution in [2.24, 2.45) is 0 Å². The Morgan fingerprint density at radius 2 is 1.68 bits per heavy atom. The zero-order valence-electron chi connectivity index (χ0n) is 15.9. The molecule has 6 aromatic rings. The molecule has 0 radical (unpaired) electrons. The summed E-state index contributed by atoms with van der Waals surface area (Å²) in [5, 5.41) is 8.29. The van der Waals surface area contributed by atoms with Crippen LogP contribution < -0.4 is 0 Å². The Morgan fingerprint density at radius 1 is 0.774 bits per heavy atom. The molecule has 0 aliphatic carbocycles. The lowest BCUT2D eigenvalue weighted by atomic mass is 10.1. The highest BCUT2D eigenvalue weighted by Gasteiger charge is 2.17. The Morgan fingerprint density at radius 3 is 2.52 bits per heavy atom. The van der Waals surface area contributed by atoms with E-state index in [2.05, 4.69) is 35.1 Å². The molecular formula is C22H13FN8. The van der Waals surface area contributed by atoms with Crippen molar-refractivity contribution in [3.63, 3.8) is 0 Å². The standard InChI is InChI=1S/C22H13FN8/c23-13-3-1-12(2-4-13)19-21-15(5-6-26-19)28-22(29-21)20-14-9-16(18-10-24-7-8-25-18)27-11-17(14)30-31-20/h1-11H,(H,28,29)(H,30,31). The zero-order chi connectivity index (χ0) is 20.8. The van der Waals surface area contributed by atoms with Gasteiger partial charge in [-0.1, -0.05) is 0 Å². The summed E-state index contributed by atoms with van der Waals surface area (Å²) in [6.45, 7) is 0. The Balaban J connectivity index is 1.51. The maximum Gasteiger partial charge on any atom is 0.159 e. The number of halogens is 1. The van der Waals surface area contributed by atoms with Gasteiger partial charge < -0.3 is 4.98 Å². The highest BCUT2D eigenvalue weighted by molar-refractivity contribution is 5.96. The van der Waals surface area contributed by atoms with Crippen LogP contribution in [-0.2, 0) is 0 Å². The maximum atomic E-state index is 13.3. The summed E-state index contributed by atoms with van der Waals surface area (Å²) < 4.78 is 13.3. The molecule has 8 nitrogen and oxygen atoms in total. The van der Waals surface area contributed by atoms with Gasteiger partial charge in [-0.2, -0.15) is 5.10 Å². The fourth-order valence-corrected chi connectivity index (χ4v) is 3.54. The van der Waals surface area contributed by atoms with Crippen molar-refractivity contribution in [1.29, 1.82) is 0 Å². The Hall–Kier alpha value is -4.53. The summed E-state index contributed by atoms with van der Waals surface area (Å²) in [6, 6.07) is 9.95. The number of rotatable bonds is 3. The van der Waals surface area contributed by atoms with E-state index in [1.54, 1.807) is 43.1 Å². The number of aromatic nitrogens is 8. The van der Waals surface area contributed by atoms with Crippen LogP contribution in [0.4, 0.5) is 4.39 Å². The predicted octanol–water partition coefficient (Wildman–Crippen LogP) is 4.16. The number of nitrogens with one attached hydrogen (secondary N) is 2. The molecule has 0 fully saturated rings. The third-order valence-corrected chi connectivity index (χ3v) is 5.02. The van der Waals surface area contributed by atoms with Crippen LogP contribution in [0.3, 0.4) is 0 Å². The van der Waals surface area contributed by atoms with Crippen LogP contribution in [-0.4, -0.2) is 40.1 Å². The Labute approximate surface area is 174 Å². The average molecular weight is 408 g/mol. The molecule has 6 rings (SSSR count). The number of hydrogen-bond acceptors (Lipinski definition) is 6. The third kappa shape index (κ3) is 2.91. The van der Waals surface area contributed by atoms with E-state index in [1.807, 2.05) is 12.1 Å². The van der Waals surface area contributed by atoms with E-state index in [0.717, 1.165) is 22.0 Å². The number of pyridine rings is 2. The number of aromatic amines is 2. The second kappa shape index (κ2) is 6.77. The summed E-state index contributed by atoms with van der Waals surface area (Å²) in [4.78, 5) is 25.4. The van der Waals surface area contributed by atoms with Crippen LogP contribution in [0.25, 0.3) is 56.1 Å². The van der Waals surface area contributed by atoms with Crippen molar-refractivity contribution in [3.8, 4) is 34.2 Å². The topological polar surface area (TPSA) is 109 Å². The lowest BCUT2D eigenvalue weighted by Gasteiger charge is -2.01. The fraction of sp³-hybridized carbons (Fsp3) is 0. The van der Waals surface area contributed by atoms with Gasteiger partial charge in [0.15, 0.2) is 5.82 Å². The monoisotopic (exact) mass is 408 g/mol. The predicted molar refractivity (Wildman–Crippen MR) is 113 cm³/mol. The molecule has 9 heteroatoms. The number of imidazole rings is 1. The molecule has 2 N–H and O–H groups in total. The minimum absolute atomic E-state index is 0.297. The molecule has 0 saturated carbocycles. The van der Waals surface area contributed by atoms with E-state index in [0.29, 0.717) is 34.1 Å². The van der Waals surface area contributed by atoms with Gasteiger partial charge in [0.2, 0.25) is 0 Å². The molecule has 0 spiro atoms. The van der Waals surface area contributed by atoms with Crippen LogP contribution in [0.15, 0.2) is 67.4 Å². The molecule has 0 aliphatic heterocycles. The molecule has 31 heavy (non-hydrogen) atoms. The number of benzene rings is 1. The largest absolute Gasteiger partial charge is 0.336 e. The van der Waals surface area contributed by atoms with Gasteiger partial charge in [-0.25, -0.2) is 9.37 Å². The molecule has 5 aromatic heterocycles. The van der Waals surface area contributed by atoms with Gasteiger partial charge in [0.1, 0.15) is 22.7 Å². The summed E-state index contributed by atoms with van der Waals surface area (Å²) in [5.74, 6) is 0.295. The molecule has 1 aromatic carbocycles. The van der Waals surface area contributed by atoms with Crippen LogP contribution in [0.2, 0.25) is 0 Å². The lowest BCUT2D eigenvalue weighted by molar-refractivity contribution is 0.628. The van der Waals surface area contributed by atoms with Crippen LogP contribution in [0.5, 0.6) is 0 Å². The van der Waals surface area contributed by atoms with E-state index >= 15 is 0 Å². The van der Waals surface area contributed by atoms with Crippen molar-refractivity contribution in [1.82, 2.24) is 40.1 Å². The van der Waals surface area contributed by atoms with Gasteiger partial charge >= 0.3 is 0 Å². The maximum absolute atomic E-state index is 13.3. The fourth-order valence-electron chi connectivity index (χ4n) is 3.54.